The maximum Gasteiger partial charge on any atom is 0.224 e. The molecule has 3 nitrogen and oxygen atoms in total. The summed E-state index contributed by atoms with van der Waals surface area (Å²) in [4.78, 5) is 14.1. The molecule has 0 saturated carbocycles. The molecule has 1 aromatic carbocycles. The maximum atomic E-state index is 12.1. The molecule has 1 aliphatic rings. The van der Waals surface area contributed by atoms with Gasteiger partial charge in [-0.25, -0.2) is 0 Å². The van der Waals surface area contributed by atoms with E-state index in [0.29, 0.717) is 6.42 Å². The van der Waals surface area contributed by atoms with Crippen molar-refractivity contribution >= 4 is 17.5 Å². The molecule has 1 aliphatic heterocycles. The van der Waals surface area contributed by atoms with Crippen LogP contribution in [0.25, 0.3) is 0 Å². The Morgan fingerprint density at radius 3 is 3.06 bits per heavy atom. The van der Waals surface area contributed by atoms with Gasteiger partial charge in [-0.3, -0.25) is 4.79 Å². The molecule has 1 saturated heterocycles. The fraction of sp³-hybridized carbons (Fsp3) is 0.500. The number of benzene rings is 1. The molecular formula is C14H19ClN2O. The molecule has 0 aromatic heterocycles. The monoisotopic (exact) mass is 266 g/mol. The minimum Gasteiger partial charge on any atom is -0.336 e. The molecule has 2 N–H and O–H groups in total. The highest BCUT2D eigenvalue weighted by atomic mass is 35.5. The Bertz CT molecular complexity index is 434. The molecule has 0 radical (unpaired) electrons. The summed E-state index contributed by atoms with van der Waals surface area (Å²) in [5.41, 5.74) is 6.82. The van der Waals surface area contributed by atoms with Crippen LogP contribution >= 0.6 is 11.6 Å². The summed E-state index contributed by atoms with van der Waals surface area (Å²) >= 11 is 6.01. The molecule has 0 spiro atoms. The zero-order valence-corrected chi connectivity index (χ0v) is 11.4. The highest BCUT2D eigenvalue weighted by Crippen LogP contribution is 2.33. The molecule has 1 fully saturated rings. The summed E-state index contributed by atoms with van der Waals surface area (Å²) in [7, 11) is 0. The fourth-order valence-corrected chi connectivity index (χ4v) is 2.72. The van der Waals surface area contributed by atoms with Gasteiger partial charge in [0.1, 0.15) is 0 Å². The van der Waals surface area contributed by atoms with Gasteiger partial charge in [0.05, 0.1) is 6.04 Å². The zero-order chi connectivity index (χ0) is 13.1. The highest BCUT2D eigenvalue weighted by molar-refractivity contribution is 6.30. The van der Waals surface area contributed by atoms with Crippen molar-refractivity contribution in [3.05, 3.63) is 34.9 Å². The maximum absolute atomic E-state index is 12.1. The van der Waals surface area contributed by atoms with Gasteiger partial charge in [-0.2, -0.15) is 0 Å². The van der Waals surface area contributed by atoms with Crippen LogP contribution in [0, 0.1) is 0 Å². The minimum atomic E-state index is -0.0851. The van der Waals surface area contributed by atoms with Crippen LogP contribution in [-0.2, 0) is 4.79 Å². The van der Waals surface area contributed by atoms with E-state index in [1.54, 1.807) is 0 Å². The van der Waals surface area contributed by atoms with Gasteiger partial charge < -0.3 is 10.6 Å². The van der Waals surface area contributed by atoms with Gasteiger partial charge in [0.25, 0.3) is 0 Å². The lowest BCUT2D eigenvalue weighted by molar-refractivity contribution is -0.132. The van der Waals surface area contributed by atoms with E-state index in [9.17, 15) is 4.79 Å². The van der Waals surface area contributed by atoms with Crippen LogP contribution in [0.1, 0.15) is 37.8 Å². The number of hydrogen-bond acceptors (Lipinski definition) is 2. The summed E-state index contributed by atoms with van der Waals surface area (Å²) < 4.78 is 0. The predicted molar refractivity (Wildman–Crippen MR) is 73.4 cm³/mol. The molecular weight excluding hydrogens is 248 g/mol. The first-order chi connectivity index (χ1) is 8.58. The lowest BCUT2D eigenvalue weighted by atomic mass is 10.0. The molecule has 18 heavy (non-hydrogen) atoms. The van der Waals surface area contributed by atoms with Crippen LogP contribution in [-0.4, -0.2) is 23.4 Å². The third-order valence-corrected chi connectivity index (χ3v) is 3.54. The number of carbonyl (C=O) groups excluding carboxylic acids is 1. The van der Waals surface area contributed by atoms with Crippen molar-refractivity contribution < 1.29 is 4.79 Å². The summed E-state index contributed by atoms with van der Waals surface area (Å²) in [6.45, 7) is 2.69. The number of likely N-dealkylation sites (tertiary alicyclic amines) is 1. The molecule has 0 aliphatic carbocycles. The van der Waals surface area contributed by atoms with Gasteiger partial charge in [0.2, 0.25) is 5.91 Å². The van der Waals surface area contributed by atoms with Crippen LogP contribution in [0.2, 0.25) is 5.02 Å². The van der Waals surface area contributed by atoms with Crippen LogP contribution in [0.5, 0.6) is 0 Å². The van der Waals surface area contributed by atoms with Crippen LogP contribution in [0.15, 0.2) is 24.3 Å². The Labute approximate surface area is 113 Å². The number of hydrogen-bond donors (Lipinski definition) is 1. The van der Waals surface area contributed by atoms with E-state index in [0.717, 1.165) is 30.0 Å². The van der Waals surface area contributed by atoms with Gasteiger partial charge in [-0.1, -0.05) is 23.7 Å². The van der Waals surface area contributed by atoms with Gasteiger partial charge in [0, 0.05) is 24.0 Å². The smallest absolute Gasteiger partial charge is 0.224 e. The summed E-state index contributed by atoms with van der Waals surface area (Å²) in [5.74, 6) is 0.146. The van der Waals surface area contributed by atoms with Crippen molar-refractivity contribution in [2.45, 2.75) is 38.3 Å². The zero-order valence-electron chi connectivity index (χ0n) is 10.6. The third-order valence-electron chi connectivity index (χ3n) is 3.30. The normalized spacial score (nSPS) is 21.1. The van der Waals surface area contributed by atoms with Crippen molar-refractivity contribution in [1.82, 2.24) is 4.90 Å². The van der Waals surface area contributed by atoms with Gasteiger partial charge in [-0.15, -0.1) is 0 Å². The molecule has 2 unspecified atom stereocenters. The number of rotatable bonds is 3. The average Bonchev–Trinajstić information content (AvgIpc) is 2.76. The quantitative estimate of drug-likeness (QED) is 0.914. The second-order valence-electron chi connectivity index (χ2n) is 4.98. The van der Waals surface area contributed by atoms with Crippen molar-refractivity contribution in [3.63, 3.8) is 0 Å². The third kappa shape index (κ3) is 3.03. The molecule has 1 amide bonds. The van der Waals surface area contributed by atoms with E-state index in [4.69, 9.17) is 17.3 Å². The number of nitrogens with zero attached hydrogens (tertiary/aromatic N) is 1. The Morgan fingerprint density at radius 1 is 1.61 bits per heavy atom. The SMILES string of the molecule is CC(N)CC(=O)N1CCCC1c1cccc(Cl)c1. The molecule has 1 aromatic rings. The van der Waals surface area contributed by atoms with E-state index in [1.165, 1.54) is 0 Å². The van der Waals surface area contributed by atoms with Crippen molar-refractivity contribution in [3.8, 4) is 0 Å². The Balaban J connectivity index is 2.14. The largest absolute Gasteiger partial charge is 0.336 e. The Kier molecular flexibility index (Phi) is 4.25. The minimum absolute atomic E-state index is 0.0851. The molecule has 1 heterocycles. The first-order valence-electron chi connectivity index (χ1n) is 6.38. The van der Waals surface area contributed by atoms with E-state index < -0.39 is 0 Å². The first-order valence-corrected chi connectivity index (χ1v) is 6.76. The first kappa shape index (κ1) is 13.4. The number of nitrogens with two attached hydrogens (primary N) is 1. The molecule has 2 atom stereocenters. The molecule has 2 rings (SSSR count). The Hall–Kier alpha value is -1.06. The van der Waals surface area contributed by atoms with Crippen molar-refractivity contribution in [2.24, 2.45) is 5.73 Å². The number of amides is 1. The summed E-state index contributed by atoms with van der Waals surface area (Å²) in [6, 6.07) is 7.85. The lowest BCUT2D eigenvalue weighted by Crippen LogP contribution is -2.34. The number of halogens is 1. The van der Waals surface area contributed by atoms with E-state index in [2.05, 4.69) is 0 Å². The van der Waals surface area contributed by atoms with Crippen molar-refractivity contribution in [2.75, 3.05) is 6.54 Å². The summed E-state index contributed by atoms with van der Waals surface area (Å²) in [6.07, 6.45) is 2.46. The van der Waals surface area contributed by atoms with Gasteiger partial charge >= 0.3 is 0 Å². The average molecular weight is 267 g/mol. The van der Waals surface area contributed by atoms with Crippen LogP contribution in [0.3, 0.4) is 0 Å². The second kappa shape index (κ2) is 5.72. The van der Waals surface area contributed by atoms with Crippen molar-refractivity contribution in [1.29, 1.82) is 0 Å². The molecule has 98 valence electrons. The fourth-order valence-electron chi connectivity index (χ4n) is 2.52. The van der Waals surface area contributed by atoms with Crippen LogP contribution < -0.4 is 5.73 Å². The standard InChI is InChI=1S/C14H19ClN2O/c1-10(16)8-14(18)17-7-3-6-13(17)11-4-2-5-12(15)9-11/h2,4-5,9-10,13H,3,6-8,16H2,1H3. The highest BCUT2D eigenvalue weighted by Gasteiger charge is 2.29. The molecule has 4 heteroatoms. The number of carbonyl (C=O) groups is 1. The summed E-state index contributed by atoms with van der Waals surface area (Å²) in [5, 5.41) is 0.721. The van der Waals surface area contributed by atoms with E-state index in [-0.39, 0.29) is 18.0 Å². The van der Waals surface area contributed by atoms with E-state index >= 15 is 0 Å². The lowest BCUT2D eigenvalue weighted by Gasteiger charge is -2.26. The van der Waals surface area contributed by atoms with E-state index in [1.807, 2.05) is 36.1 Å². The van der Waals surface area contributed by atoms with Crippen LogP contribution in [0.4, 0.5) is 0 Å². The Morgan fingerprint density at radius 2 is 2.39 bits per heavy atom. The van der Waals surface area contributed by atoms with Gasteiger partial charge in [0.15, 0.2) is 0 Å². The van der Waals surface area contributed by atoms with Gasteiger partial charge in [-0.05, 0) is 37.5 Å². The molecule has 0 bridgehead atoms. The second-order valence-corrected chi connectivity index (χ2v) is 5.42. The predicted octanol–water partition coefficient (Wildman–Crippen LogP) is 2.74. The topological polar surface area (TPSA) is 46.3 Å².